The van der Waals surface area contributed by atoms with Gasteiger partial charge in [0.2, 0.25) is 5.91 Å². The number of amides is 1. The Bertz CT molecular complexity index is 931. The highest BCUT2D eigenvalue weighted by molar-refractivity contribution is 6.30. The highest BCUT2D eigenvalue weighted by Crippen LogP contribution is 2.26. The SMILES string of the molecule is O=C(CC1CCN(CCN(c2ccccc2)c2ccccc2)CC1)Nc1ccc(Cl)cc1. The molecule has 1 fully saturated rings. The predicted octanol–water partition coefficient (Wildman–Crippen LogP) is 6.22. The lowest BCUT2D eigenvalue weighted by Gasteiger charge is -2.34. The Hall–Kier alpha value is -2.82. The van der Waals surface area contributed by atoms with Crippen LogP contribution < -0.4 is 10.2 Å². The Morgan fingerprint density at radius 3 is 2.00 bits per heavy atom. The number of halogens is 1. The molecule has 166 valence electrons. The molecule has 0 saturated carbocycles. The largest absolute Gasteiger partial charge is 0.340 e. The summed E-state index contributed by atoms with van der Waals surface area (Å²) in [5, 5.41) is 3.66. The maximum absolute atomic E-state index is 12.4. The fraction of sp³-hybridized carbons (Fsp3) is 0.296. The maximum atomic E-state index is 12.4. The van der Waals surface area contributed by atoms with E-state index in [0.29, 0.717) is 17.4 Å². The molecule has 0 unspecified atom stereocenters. The van der Waals surface area contributed by atoms with E-state index in [9.17, 15) is 4.79 Å². The zero-order chi connectivity index (χ0) is 22.2. The Morgan fingerprint density at radius 1 is 0.875 bits per heavy atom. The van der Waals surface area contributed by atoms with E-state index in [1.807, 2.05) is 12.1 Å². The van der Waals surface area contributed by atoms with Gasteiger partial charge in [0.1, 0.15) is 0 Å². The second-order valence-corrected chi connectivity index (χ2v) is 8.80. The monoisotopic (exact) mass is 447 g/mol. The smallest absolute Gasteiger partial charge is 0.224 e. The summed E-state index contributed by atoms with van der Waals surface area (Å²) < 4.78 is 0. The molecule has 0 bridgehead atoms. The molecule has 1 aliphatic heterocycles. The zero-order valence-corrected chi connectivity index (χ0v) is 19.0. The summed E-state index contributed by atoms with van der Waals surface area (Å²) in [5.41, 5.74) is 3.23. The summed E-state index contributed by atoms with van der Waals surface area (Å²) in [7, 11) is 0. The van der Waals surface area contributed by atoms with Crippen LogP contribution in [0.4, 0.5) is 17.1 Å². The van der Waals surface area contributed by atoms with Crippen LogP contribution in [0.5, 0.6) is 0 Å². The van der Waals surface area contributed by atoms with Gasteiger partial charge in [-0.15, -0.1) is 0 Å². The van der Waals surface area contributed by atoms with Crippen molar-refractivity contribution in [1.29, 1.82) is 0 Å². The van der Waals surface area contributed by atoms with Gasteiger partial charge in [0.05, 0.1) is 0 Å². The van der Waals surface area contributed by atoms with Crippen LogP contribution >= 0.6 is 11.6 Å². The van der Waals surface area contributed by atoms with Crippen molar-refractivity contribution in [3.8, 4) is 0 Å². The van der Waals surface area contributed by atoms with Gasteiger partial charge in [-0.1, -0.05) is 48.0 Å². The van der Waals surface area contributed by atoms with Crippen LogP contribution in [0.2, 0.25) is 5.02 Å². The Kier molecular flexibility index (Phi) is 7.81. The molecule has 4 nitrogen and oxygen atoms in total. The summed E-state index contributed by atoms with van der Waals surface area (Å²) in [6.07, 6.45) is 2.70. The number of likely N-dealkylation sites (tertiary alicyclic amines) is 1. The van der Waals surface area contributed by atoms with Crippen LogP contribution in [-0.2, 0) is 4.79 Å². The summed E-state index contributed by atoms with van der Waals surface area (Å²) >= 11 is 5.91. The Labute approximate surface area is 195 Å². The van der Waals surface area contributed by atoms with E-state index in [1.165, 1.54) is 11.4 Å². The molecule has 0 aliphatic carbocycles. The number of hydrogen-bond donors (Lipinski definition) is 1. The number of carbonyl (C=O) groups is 1. The number of piperidine rings is 1. The van der Waals surface area contributed by atoms with Crippen LogP contribution in [0.15, 0.2) is 84.9 Å². The molecule has 0 aromatic heterocycles. The lowest BCUT2D eigenvalue weighted by atomic mass is 9.93. The first kappa shape index (κ1) is 22.4. The molecule has 0 atom stereocenters. The molecule has 0 radical (unpaired) electrons. The average molecular weight is 448 g/mol. The molecule has 1 aliphatic rings. The highest BCUT2D eigenvalue weighted by atomic mass is 35.5. The molecule has 0 spiro atoms. The fourth-order valence-electron chi connectivity index (χ4n) is 4.29. The summed E-state index contributed by atoms with van der Waals surface area (Å²) in [6, 6.07) is 28.4. The van der Waals surface area contributed by atoms with Crippen molar-refractivity contribution in [2.75, 3.05) is 36.4 Å². The molecule has 1 amide bonds. The van der Waals surface area contributed by atoms with Gasteiger partial charge < -0.3 is 15.1 Å². The Morgan fingerprint density at radius 2 is 1.44 bits per heavy atom. The van der Waals surface area contributed by atoms with Crippen LogP contribution in [0, 0.1) is 5.92 Å². The van der Waals surface area contributed by atoms with Crippen molar-refractivity contribution < 1.29 is 4.79 Å². The van der Waals surface area contributed by atoms with Gasteiger partial charge in [0.15, 0.2) is 0 Å². The number of para-hydroxylation sites is 2. The van der Waals surface area contributed by atoms with E-state index in [2.05, 4.69) is 75.8 Å². The highest BCUT2D eigenvalue weighted by Gasteiger charge is 2.22. The van der Waals surface area contributed by atoms with Crippen molar-refractivity contribution in [3.63, 3.8) is 0 Å². The normalized spacial score (nSPS) is 14.8. The van der Waals surface area contributed by atoms with E-state index in [0.717, 1.165) is 44.7 Å². The molecule has 3 aromatic rings. The molecule has 1 N–H and O–H groups in total. The number of nitrogens with zero attached hydrogens (tertiary/aromatic N) is 2. The number of carbonyl (C=O) groups excluding carboxylic acids is 1. The van der Waals surface area contributed by atoms with Crippen LogP contribution in [0.25, 0.3) is 0 Å². The van der Waals surface area contributed by atoms with Crippen LogP contribution in [0.3, 0.4) is 0 Å². The maximum Gasteiger partial charge on any atom is 0.224 e. The molecular weight excluding hydrogens is 418 g/mol. The van der Waals surface area contributed by atoms with Crippen molar-refractivity contribution in [2.24, 2.45) is 5.92 Å². The number of benzene rings is 3. The van der Waals surface area contributed by atoms with Crippen LogP contribution in [-0.4, -0.2) is 37.0 Å². The molecule has 1 saturated heterocycles. The minimum absolute atomic E-state index is 0.0881. The molecule has 32 heavy (non-hydrogen) atoms. The quantitative estimate of drug-likeness (QED) is 0.445. The van der Waals surface area contributed by atoms with E-state index < -0.39 is 0 Å². The Balaban J connectivity index is 1.26. The second kappa shape index (κ2) is 11.2. The van der Waals surface area contributed by atoms with E-state index in [1.54, 1.807) is 12.1 Å². The first-order valence-electron chi connectivity index (χ1n) is 11.3. The van der Waals surface area contributed by atoms with Crippen molar-refractivity contribution in [3.05, 3.63) is 90.0 Å². The molecule has 3 aromatic carbocycles. The number of rotatable bonds is 8. The van der Waals surface area contributed by atoms with Gasteiger partial charge in [-0.25, -0.2) is 0 Å². The van der Waals surface area contributed by atoms with Crippen molar-refractivity contribution >= 4 is 34.6 Å². The summed E-state index contributed by atoms with van der Waals surface area (Å²) in [6.45, 7) is 4.02. The third-order valence-corrected chi connectivity index (χ3v) is 6.34. The predicted molar refractivity (Wildman–Crippen MR) is 134 cm³/mol. The third-order valence-electron chi connectivity index (χ3n) is 6.08. The van der Waals surface area contributed by atoms with Crippen molar-refractivity contribution in [1.82, 2.24) is 4.90 Å². The zero-order valence-electron chi connectivity index (χ0n) is 18.3. The fourth-order valence-corrected chi connectivity index (χ4v) is 4.41. The van der Waals surface area contributed by atoms with Gasteiger partial charge in [0.25, 0.3) is 0 Å². The number of hydrogen-bond acceptors (Lipinski definition) is 3. The number of anilines is 3. The number of nitrogens with one attached hydrogen (secondary N) is 1. The van der Waals surface area contributed by atoms with E-state index in [-0.39, 0.29) is 5.91 Å². The first-order valence-corrected chi connectivity index (χ1v) is 11.7. The van der Waals surface area contributed by atoms with E-state index in [4.69, 9.17) is 11.6 Å². The van der Waals surface area contributed by atoms with Gasteiger partial charge in [-0.05, 0) is 80.4 Å². The van der Waals surface area contributed by atoms with Crippen LogP contribution in [0.1, 0.15) is 19.3 Å². The van der Waals surface area contributed by atoms with Gasteiger partial charge in [0, 0.05) is 41.6 Å². The summed E-state index contributed by atoms with van der Waals surface area (Å²) in [4.78, 5) is 17.3. The third kappa shape index (κ3) is 6.35. The lowest BCUT2D eigenvalue weighted by molar-refractivity contribution is -0.117. The van der Waals surface area contributed by atoms with Crippen molar-refractivity contribution in [2.45, 2.75) is 19.3 Å². The molecular formula is C27H30ClN3O. The standard InChI is InChI=1S/C27H30ClN3O/c28-23-11-13-24(14-12-23)29-27(32)21-22-15-17-30(18-16-22)19-20-31(25-7-3-1-4-8-25)26-9-5-2-6-10-26/h1-14,22H,15-21H2,(H,29,32). The van der Waals surface area contributed by atoms with Gasteiger partial charge in [-0.3, -0.25) is 4.79 Å². The van der Waals surface area contributed by atoms with Gasteiger partial charge >= 0.3 is 0 Å². The first-order chi connectivity index (χ1) is 15.7. The minimum Gasteiger partial charge on any atom is -0.340 e. The summed E-state index contributed by atoms with van der Waals surface area (Å²) in [5.74, 6) is 0.531. The van der Waals surface area contributed by atoms with Gasteiger partial charge in [-0.2, -0.15) is 0 Å². The molecule has 4 rings (SSSR count). The second-order valence-electron chi connectivity index (χ2n) is 8.37. The molecule has 1 heterocycles. The lowest BCUT2D eigenvalue weighted by Crippen LogP contribution is -2.39. The topological polar surface area (TPSA) is 35.6 Å². The molecule has 5 heteroatoms. The minimum atomic E-state index is 0.0881. The average Bonchev–Trinajstić information content (AvgIpc) is 2.83. The van der Waals surface area contributed by atoms with E-state index >= 15 is 0 Å².